The Balaban J connectivity index is 1.02. The van der Waals surface area contributed by atoms with Crippen molar-refractivity contribution in [1.82, 2.24) is 0 Å². The van der Waals surface area contributed by atoms with Crippen molar-refractivity contribution in [3.05, 3.63) is 334 Å². The summed E-state index contributed by atoms with van der Waals surface area (Å²) >= 11 is 0. The van der Waals surface area contributed by atoms with E-state index in [4.69, 9.17) is 0 Å². The minimum absolute atomic E-state index is 1.08. The van der Waals surface area contributed by atoms with Crippen LogP contribution in [0, 0.1) is 0 Å². The minimum Gasteiger partial charge on any atom is -0.310 e. The summed E-state index contributed by atoms with van der Waals surface area (Å²) in [5.74, 6) is 0. The molecule has 78 heavy (non-hydrogen) atoms. The van der Waals surface area contributed by atoms with Crippen LogP contribution in [0.25, 0.3) is 77.5 Å². The summed E-state index contributed by atoms with van der Waals surface area (Å²) in [6.45, 7) is 0. The van der Waals surface area contributed by atoms with Crippen molar-refractivity contribution in [2.45, 2.75) is 0 Å². The SMILES string of the molecule is c1ccc(-c2c(-c3ccccc3)c(-c3ccccc3)c3cc(-c4ccccc4-c4ccccc4N(c4ccccc4)c4ccc([Si](c5ccccc5)(c5ccccc5)c5ccccc5)cc4)ccc3c2-c2ccccc2)cc1. The van der Waals surface area contributed by atoms with Crippen LogP contribution in [0.15, 0.2) is 334 Å². The van der Waals surface area contributed by atoms with E-state index < -0.39 is 8.07 Å². The molecule has 13 rings (SSSR count). The Hall–Kier alpha value is -9.86. The minimum atomic E-state index is -2.76. The second kappa shape index (κ2) is 21.4. The molecule has 0 aliphatic carbocycles. The summed E-state index contributed by atoms with van der Waals surface area (Å²) in [7, 11) is -2.76. The van der Waals surface area contributed by atoms with Crippen LogP contribution >= 0.6 is 0 Å². The monoisotopic (exact) mass is 1010 g/mol. The van der Waals surface area contributed by atoms with Gasteiger partial charge in [-0.2, -0.15) is 0 Å². The van der Waals surface area contributed by atoms with Crippen molar-refractivity contribution < 1.29 is 0 Å². The summed E-state index contributed by atoms with van der Waals surface area (Å²) in [5, 5.41) is 7.79. The van der Waals surface area contributed by atoms with Gasteiger partial charge in [-0.1, -0.05) is 297 Å². The molecule has 0 amide bonds. The summed E-state index contributed by atoms with van der Waals surface area (Å²) in [6, 6.07) is 123. The van der Waals surface area contributed by atoms with Crippen molar-refractivity contribution in [3.8, 4) is 66.8 Å². The topological polar surface area (TPSA) is 3.24 Å². The molecule has 0 saturated heterocycles. The molecule has 0 atom stereocenters. The summed E-state index contributed by atoms with van der Waals surface area (Å²) in [4.78, 5) is 2.43. The molecule has 1 nitrogen and oxygen atoms in total. The Morgan fingerprint density at radius 2 is 0.538 bits per heavy atom. The second-order valence-electron chi connectivity index (χ2n) is 19.9. The number of hydrogen-bond acceptors (Lipinski definition) is 1. The van der Waals surface area contributed by atoms with Gasteiger partial charge in [-0.25, -0.2) is 0 Å². The number of anilines is 3. The van der Waals surface area contributed by atoms with Crippen LogP contribution in [-0.4, -0.2) is 8.07 Å². The van der Waals surface area contributed by atoms with Gasteiger partial charge < -0.3 is 4.90 Å². The molecule has 13 aromatic rings. The van der Waals surface area contributed by atoms with Crippen molar-refractivity contribution in [3.63, 3.8) is 0 Å². The van der Waals surface area contributed by atoms with Crippen LogP contribution in [0.5, 0.6) is 0 Å². The Labute approximate surface area is 459 Å². The second-order valence-corrected chi connectivity index (χ2v) is 23.7. The van der Waals surface area contributed by atoms with Crippen molar-refractivity contribution in [2.24, 2.45) is 0 Å². The van der Waals surface area contributed by atoms with Gasteiger partial charge >= 0.3 is 0 Å². The number of para-hydroxylation sites is 2. The third-order valence-corrected chi connectivity index (χ3v) is 20.2. The first-order chi connectivity index (χ1) is 38.8. The molecule has 13 aromatic carbocycles. The molecule has 0 saturated carbocycles. The van der Waals surface area contributed by atoms with Gasteiger partial charge in [0.05, 0.1) is 5.69 Å². The molecule has 368 valence electrons. The highest BCUT2D eigenvalue weighted by Gasteiger charge is 2.41. The predicted molar refractivity (Wildman–Crippen MR) is 335 cm³/mol. The number of hydrogen-bond donors (Lipinski definition) is 0. The molecular weight excluding hydrogens is 955 g/mol. The zero-order valence-corrected chi connectivity index (χ0v) is 44.2. The van der Waals surface area contributed by atoms with Gasteiger partial charge in [0.2, 0.25) is 0 Å². The zero-order valence-electron chi connectivity index (χ0n) is 43.2. The highest BCUT2D eigenvalue weighted by molar-refractivity contribution is 7.19. The highest BCUT2D eigenvalue weighted by Crippen LogP contribution is 2.52. The van der Waals surface area contributed by atoms with E-state index >= 15 is 0 Å². The fourth-order valence-electron chi connectivity index (χ4n) is 12.0. The standard InChI is InChI=1S/C76H55NSi/c1-9-29-56(30-10-1)73-70-54-49-60(55-71(70)74(57-31-11-2-12-32-57)76(59-35-15-4-16-36-59)75(73)58-33-13-3-14-34-58)67-45-25-26-46-68(67)69-47-27-28-48-72(69)77(61-37-17-5-18-38-61)62-50-52-66(53-51-62)78(63-39-19-6-20-40-63,64-41-21-7-22-42-64)65-43-23-8-24-44-65/h1-55H. The van der Waals surface area contributed by atoms with Gasteiger partial charge in [0.25, 0.3) is 0 Å². The molecule has 0 aromatic heterocycles. The van der Waals surface area contributed by atoms with E-state index in [-0.39, 0.29) is 0 Å². The van der Waals surface area contributed by atoms with Crippen molar-refractivity contribution >= 4 is 56.7 Å². The van der Waals surface area contributed by atoms with E-state index in [9.17, 15) is 0 Å². The van der Waals surface area contributed by atoms with E-state index in [2.05, 4.69) is 339 Å². The lowest BCUT2D eigenvalue weighted by Gasteiger charge is -2.35. The molecule has 0 spiro atoms. The van der Waals surface area contributed by atoms with Crippen LogP contribution in [0.1, 0.15) is 0 Å². The largest absolute Gasteiger partial charge is 0.310 e. The zero-order chi connectivity index (χ0) is 52.1. The van der Waals surface area contributed by atoms with Gasteiger partial charge in [0.15, 0.2) is 8.07 Å². The quantitative estimate of drug-likeness (QED) is 0.0822. The Morgan fingerprint density at radius 1 is 0.205 bits per heavy atom. The molecule has 0 bridgehead atoms. The maximum atomic E-state index is 2.46. The van der Waals surface area contributed by atoms with Gasteiger partial charge in [0.1, 0.15) is 0 Å². The number of benzene rings is 13. The lowest BCUT2D eigenvalue weighted by Crippen LogP contribution is -2.74. The number of nitrogens with zero attached hydrogens (tertiary/aromatic N) is 1. The average Bonchev–Trinajstić information content (AvgIpc) is 3.55. The van der Waals surface area contributed by atoms with E-state index in [0.717, 1.165) is 39.3 Å². The third-order valence-electron chi connectivity index (χ3n) is 15.4. The third kappa shape index (κ3) is 8.74. The van der Waals surface area contributed by atoms with Gasteiger partial charge in [-0.3, -0.25) is 0 Å². The fourth-order valence-corrected chi connectivity index (χ4v) is 16.8. The van der Waals surface area contributed by atoms with Gasteiger partial charge in [-0.15, -0.1) is 0 Å². The molecule has 2 heteroatoms. The van der Waals surface area contributed by atoms with Crippen LogP contribution < -0.4 is 25.6 Å². The van der Waals surface area contributed by atoms with Crippen LogP contribution in [0.3, 0.4) is 0 Å². The normalized spacial score (nSPS) is 11.3. The number of rotatable bonds is 13. The van der Waals surface area contributed by atoms with E-state index in [1.165, 1.54) is 76.0 Å². The molecule has 0 N–H and O–H groups in total. The lowest BCUT2D eigenvalue weighted by atomic mass is 9.78. The first kappa shape index (κ1) is 47.8. The summed E-state index contributed by atoms with van der Waals surface area (Å²) < 4.78 is 0. The maximum absolute atomic E-state index is 2.76. The predicted octanol–water partition coefficient (Wildman–Crippen LogP) is 17.7. The molecule has 0 unspecified atom stereocenters. The van der Waals surface area contributed by atoms with Crippen LogP contribution in [0.2, 0.25) is 0 Å². The molecular formula is C76H55NSi. The highest BCUT2D eigenvalue weighted by atomic mass is 28.3. The summed E-state index contributed by atoms with van der Waals surface area (Å²) in [6.07, 6.45) is 0. The van der Waals surface area contributed by atoms with Crippen LogP contribution in [0.4, 0.5) is 17.1 Å². The van der Waals surface area contributed by atoms with Crippen molar-refractivity contribution in [2.75, 3.05) is 4.90 Å². The fraction of sp³-hybridized carbons (Fsp3) is 0. The van der Waals surface area contributed by atoms with Gasteiger partial charge in [-0.05, 0) is 129 Å². The molecule has 0 fully saturated rings. The van der Waals surface area contributed by atoms with E-state index in [0.29, 0.717) is 0 Å². The lowest BCUT2D eigenvalue weighted by molar-refractivity contribution is 1.28. The Kier molecular flexibility index (Phi) is 13.1. The van der Waals surface area contributed by atoms with Crippen LogP contribution in [-0.2, 0) is 0 Å². The number of fused-ring (bicyclic) bond motifs is 1. The molecule has 0 aliphatic rings. The Bertz CT molecular complexity index is 4040. The Morgan fingerprint density at radius 3 is 1.00 bits per heavy atom. The van der Waals surface area contributed by atoms with Gasteiger partial charge in [0, 0.05) is 16.9 Å². The summed E-state index contributed by atoms with van der Waals surface area (Å²) in [5.41, 5.74) is 17.5. The first-order valence-corrected chi connectivity index (χ1v) is 28.9. The van der Waals surface area contributed by atoms with Crippen molar-refractivity contribution in [1.29, 1.82) is 0 Å². The average molecular weight is 1010 g/mol. The van der Waals surface area contributed by atoms with E-state index in [1.807, 2.05) is 0 Å². The molecule has 0 heterocycles. The van der Waals surface area contributed by atoms with E-state index in [1.54, 1.807) is 0 Å². The molecule has 0 radical (unpaired) electrons. The molecule has 0 aliphatic heterocycles. The maximum Gasteiger partial charge on any atom is 0.179 e. The first-order valence-electron chi connectivity index (χ1n) is 26.9. The smallest absolute Gasteiger partial charge is 0.179 e.